The van der Waals surface area contributed by atoms with E-state index < -0.39 is 10.0 Å². The molecular weight excluding hydrogens is 358 g/mol. The van der Waals surface area contributed by atoms with Crippen LogP contribution in [-0.2, 0) is 10.0 Å². The number of hydrogen-bond acceptors (Lipinski definition) is 5. The molecule has 0 saturated carbocycles. The van der Waals surface area contributed by atoms with Gasteiger partial charge in [-0.05, 0) is 61.8 Å². The number of nitrogens with one attached hydrogen (secondary N) is 2. The summed E-state index contributed by atoms with van der Waals surface area (Å²) >= 11 is 5.42. The van der Waals surface area contributed by atoms with E-state index in [-0.39, 0.29) is 10.8 Å². The van der Waals surface area contributed by atoms with Crippen molar-refractivity contribution in [2.75, 3.05) is 23.1 Å². The van der Waals surface area contributed by atoms with Gasteiger partial charge in [-0.3, -0.25) is 0 Å². The molecule has 0 spiro atoms. The Morgan fingerprint density at radius 2 is 1.68 bits per heavy atom. The SMILES string of the molecule is O=S(=O)(Nc1ncccn1)c1ccc(NC(=S)N2CCCCC2)cc1. The first-order valence-electron chi connectivity index (χ1n) is 8.00. The number of piperidine rings is 1. The Labute approximate surface area is 152 Å². The van der Waals surface area contributed by atoms with E-state index in [4.69, 9.17) is 12.2 Å². The van der Waals surface area contributed by atoms with Crippen molar-refractivity contribution in [3.8, 4) is 0 Å². The number of likely N-dealkylation sites (tertiary alicyclic amines) is 1. The maximum Gasteiger partial charge on any atom is 0.264 e. The van der Waals surface area contributed by atoms with E-state index in [1.807, 2.05) is 0 Å². The molecule has 0 radical (unpaired) electrons. The zero-order valence-electron chi connectivity index (χ0n) is 13.6. The molecule has 2 heterocycles. The van der Waals surface area contributed by atoms with Crippen LogP contribution in [0.5, 0.6) is 0 Å². The number of aromatic nitrogens is 2. The molecule has 25 heavy (non-hydrogen) atoms. The maximum absolute atomic E-state index is 12.3. The van der Waals surface area contributed by atoms with Gasteiger partial charge in [0.05, 0.1) is 4.90 Å². The predicted molar refractivity (Wildman–Crippen MR) is 101 cm³/mol. The summed E-state index contributed by atoms with van der Waals surface area (Å²) in [5, 5.41) is 3.83. The fraction of sp³-hybridized carbons (Fsp3) is 0.312. The van der Waals surface area contributed by atoms with Crippen molar-refractivity contribution in [1.82, 2.24) is 14.9 Å². The lowest BCUT2D eigenvalue weighted by molar-refractivity contribution is 0.346. The van der Waals surface area contributed by atoms with Crippen molar-refractivity contribution in [1.29, 1.82) is 0 Å². The Hall–Kier alpha value is -2.26. The summed E-state index contributed by atoms with van der Waals surface area (Å²) in [4.78, 5) is 9.99. The Morgan fingerprint density at radius 1 is 1.04 bits per heavy atom. The standard InChI is InChI=1S/C16H19N5O2S2/c22-25(23,20-15-17-9-4-10-18-15)14-7-5-13(6-8-14)19-16(24)21-11-2-1-3-12-21/h4-10H,1-3,11-12H2,(H,19,24)(H,17,18,20). The highest BCUT2D eigenvalue weighted by molar-refractivity contribution is 7.92. The second-order valence-corrected chi connectivity index (χ2v) is 7.75. The second kappa shape index (κ2) is 7.75. The molecule has 0 atom stereocenters. The van der Waals surface area contributed by atoms with Crippen LogP contribution in [0.4, 0.5) is 11.6 Å². The quantitative estimate of drug-likeness (QED) is 0.792. The van der Waals surface area contributed by atoms with Crippen LogP contribution in [0.15, 0.2) is 47.6 Å². The van der Waals surface area contributed by atoms with E-state index in [2.05, 4.69) is 24.9 Å². The van der Waals surface area contributed by atoms with Crippen molar-refractivity contribution >= 4 is 39.0 Å². The number of benzene rings is 1. The first-order valence-corrected chi connectivity index (χ1v) is 9.89. The Kier molecular flexibility index (Phi) is 5.44. The number of sulfonamides is 1. The van der Waals surface area contributed by atoms with Crippen LogP contribution in [0.1, 0.15) is 19.3 Å². The van der Waals surface area contributed by atoms with Gasteiger partial charge in [-0.2, -0.15) is 0 Å². The number of nitrogens with zero attached hydrogens (tertiary/aromatic N) is 3. The molecule has 1 aliphatic rings. The molecule has 2 N–H and O–H groups in total. The topological polar surface area (TPSA) is 87.2 Å². The van der Waals surface area contributed by atoms with Gasteiger partial charge in [0, 0.05) is 31.2 Å². The molecular formula is C16H19N5O2S2. The van der Waals surface area contributed by atoms with Gasteiger partial charge in [0.2, 0.25) is 5.95 Å². The molecule has 3 rings (SSSR count). The fourth-order valence-corrected chi connectivity index (χ4v) is 3.81. The molecule has 9 heteroatoms. The fourth-order valence-electron chi connectivity index (χ4n) is 2.55. The molecule has 0 aliphatic carbocycles. The summed E-state index contributed by atoms with van der Waals surface area (Å²) in [5.74, 6) is 0.0379. The van der Waals surface area contributed by atoms with Crippen LogP contribution in [0.25, 0.3) is 0 Å². The molecule has 7 nitrogen and oxygen atoms in total. The van der Waals surface area contributed by atoms with Gasteiger partial charge < -0.3 is 10.2 Å². The minimum Gasteiger partial charge on any atom is -0.349 e. The third-order valence-corrected chi connectivity index (χ3v) is 5.55. The van der Waals surface area contributed by atoms with Crippen LogP contribution >= 0.6 is 12.2 Å². The molecule has 1 aliphatic heterocycles. The van der Waals surface area contributed by atoms with Crippen LogP contribution in [-0.4, -0.2) is 41.5 Å². The van der Waals surface area contributed by atoms with Crippen LogP contribution < -0.4 is 10.0 Å². The molecule has 1 aromatic carbocycles. The minimum absolute atomic E-state index is 0.0379. The van der Waals surface area contributed by atoms with Crippen LogP contribution in [0.3, 0.4) is 0 Å². The van der Waals surface area contributed by atoms with Gasteiger partial charge in [-0.1, -0.05) is 0 Å². The summed E-state index contributed by atoms with van der Waals surface area (Å²) in [7, 11) is -3.73. The smallest absolute Gasteiger partial charge is 0.264 e. The van der Waals surface area contributed by atoms with Gasteiger partial charge >= 0.3 is 0 Å². The Balaban J connectivity index is 1.66. The monoisotopic (exact) mass is 377 g/mol. The third-order valence-electron chi connectivity index (χ3n) is 3.85. The minimum atomic E-state index is -3.73. The van der Waals surface area contributed by atoms with E-state index in [0.717, 1.165) is 31.6 Å². The van der Waals surface area contributed by atoms with Gasteiger partial charge in [0.25, 0.3) is 10.0 Å². The molecule has 0 bridgehead atoms. The highest BCUT2D eigenvalue weighted by atomic mass is 32.2. The predicted octanol–water partition coefficient (Wildman–Crippen LogP) is 2.46. The average Bonchev–Trinajstić information content (AvgIpc) is 2.63. The Morgan fingerprint density at radius 3 is 2.32 bits per heavy atom. The lowest BCUT2D eigenvalue weighted by Crippen LogP contribution is -2.38. The summed E-state index contributed by atoms with van der Waals surface area (Å²) in [5.41, 5.74) is 0.755. The van der Waals surface area contributed by atoms with Gasteiger partial charge in [0.15, 0.2) is 5.11 Å². The van der Waals surface area contributed by atoms with E-state index >= 15 is 0 Å². The van der Waals surface area contributed by atoms with Gasteiger partial charge in [-0.15, -0.1) is 0 Å². The van der Waals surface area contributed by atoms with Crippen molar-refractivity contribution < 1.29 is 8.42 Å². The molecule has 1 fully saturated rings. The van der Waals surface area contributed by atoms with E-state index in [0.29, 0.717) is 5.11 Å². The lowest BCUT2D eigenvalue weighted by Gasteiger charge is -2.29. The normalized spacial score (nSPS) is 14.8. The summed E-state index contributed by atoms with van der Waals surface area (Å²) in [6.07, 6.45) is 6.47. The van der Waals surface area contributed by atoms with Crippen LogP contribution in [0.2, 0.25) is 0 Å². The van der Waals surface area contributed by atoms with Gasteiger partial charge in [0.1, 0.15) is 0 Å². The number of rotatable bonds is 4. The maximum atomic E-state index is 12.3. The van der Waals surface area contributed by atoms with Crippen molar-refractivity contribution in [3.05, 3.63) is 42.7 Å². The molecule has 132 valence electrons. The molecule has 0 unspecified atom stereocenters. The van der Waals surface area contributed by atoms with E-state index in [1.165, 1.54) is 30.9 Å². The summed E-state index contributed by atoms with van der Waals surface area (Å²) < 4.78 is 27.0. The van der Waals surface area contributed by atoms with E-state index in [9.17, 15) is 8.42 Å². The summed E-state index contributed by atoms with van der Waals surface area (Å²) in [6.45, 7) is 1.92. The molecule has 1 saturated heterocycles. The van der Waals surface area contributed by atoms with Crippen molar-refractivity contribution in [3.63, 3.8) is 0 Å². The zero-order chi connectivity index (χ0) is 17.7. The molecule has 1 aromatic heterocycles. The van der Waals surface area contributed by atoms with Crippen molar-refractivity contribution in [2.45, 2.75) is 24.2 Å². The number of hydrogen-bond donors (Lipinski definition) is 2. The average molecular weight is 377 g/mol. The number of anilines is 2. The largest absolute Gasteiger partial charge is 0.349 e. The zero-order valence-corrected chi connectivity index (χ0v) is 15.2. The molecule has 0 amide bonds. The lowest BCUT2D eigenvalue weighted by atomic mass is 10.1. The first kappa shape index (κ1) is 17.6. The Bertz CT molecular complexity index is 819. The summed E-state index contributed by atoms with van der Waals surface area (Å²) in [6, 6.07) is 8.04. The van der Waals surface area contributed by atoms with Crippen LogP contribution in [0, 0.1) is 0 Å². The van der Waals surface area contributed by atoms with E-state index in [1.54, 1.807) is 18.2 Å². The third kappa shape index (κ3) is 4.64. The highest BCUT2D eigenvalue weighted by Crippen LogP contribution is 2.17. The van der Waals surface area contributed by atoms with Gasteiger partial charge in [-0.25, -0.2) is 23.1 Å². The highest BCUT2D eigenvalue weighted by Gasteiger charge is 2.16. The first-order chi connectivity index (χ1) is 12.0. The molecule has 2 aromatic rings. The van der Waals surface area contributed by atoms with Crippen molar-refractivity contribution in [2.24, 2.45) is 0 Å². The second-order valence-electron chi connectivity index (χ2n) is 5.68. The number of thiocarbonyl (C=S) groups is 1.